The zero-order chi connectivity index (χ0) is 49.3. The molecule has 0 fully saturated rings. The predicted molar refractivity (Wildman–Crippen MR) is 315 cm³/mol. The summed E-state index contributed by atoms with van der Waals surface area (Å²) < 4.78 is 5.12. The molecule has 0 aliphatic rings. The third kappa shape index (κ3) is 6.03. The number of fused-ring (bicyclic) bond motifs is 12. The molecule has 4 aromatic heterocycles. The summed E-state index contributed by atoms with van der Waals surface area (Å²) in [5.41, 5.74) is 24.0. The number of para-hydroxylation sites is 4. The van der Waals surface area contributed by atoms with E-state index in [-0.39, 0.29) is 0 Å². The highest BCUT2D eigenvalue weighted by molar-refractivity contribution is 6.32. The van der Waals surface area contributed by atoms with Gasteiger partial charge in [0.2, 0.25) is 0 Å². The van der Waals surface area contributed by atoms with E-state index in [1.54, 1.807) is 0 Å². The Kier molecular flexibility index (Phi) is 9.19. The first-order valence-electron chi connectivity index (χ1n) is 25.8. The van der Waals surface area contributed by atoms with Crippen molar-refractivity contribution in [3.05, 3.63) is 253 Å². The second-order valence-corrected chi connectivity index (χ2v) is 20.3. The molecule has 0 saturated heterocycles. The largest absolute Gasteiger partial charge is 0.309 e. The Labute approximate surface area is 429 Å². The molecule has 15 rings (SSSR count). The van der Waals surface area contributed by atoms with Crippen LogP contribution in [0.15, 0.2) is 231 Å². The number of hydrogen-bond acceptors (Lipinski definition) is 2. The molecule has 0 N–H and O–H groups in total. The van der Waals surface area contributed by atoms with Gasteiger partial charge in [-0.2, -0.15) is 0 Å². The molecular formula is C70H50N4. The van der Waals surface area contributed by atoms with Gasteiger partial charge in [0.05, 0.1) is 55.8 Å². The summed E-state index contributed by atoms with van der Waals surface area (Å²) in [6.07, 6.45) is 0. The van der Waals surface area contributed by atoms with Gasteiger partial charge in [0.25, 0.3) is 0 Å². The number of anilines is 6. The summed E-state index contributed by atoms with van der Waals surface area (Å²) in [5.74, 6) is 0. The van der Waals surface area contributed by atoms with Crippen LogP contribution in [-0.4, -0.2) is 8.80 Å². The van der Waals surface area contributed by atoms with Crippen LogP contribution in [0, 0.1) is 27.7 Å². The summed E-state index contributed by atoms with van der Waals surface area (Å²) in [6, 6.07) is 85.7. The van der Waals surface area contributed by atoms with Crippen molar-refractivity contribution in [1.82, 2.24) is 8.80 Å². The average molecular weight is 947 g/mol. The first-order valence-corrected chi connectivity index (χ1v) is 25.8. The fourth-order valence-electron chi connectivity index (χ4n) is 12.6. The van der Waals surface area contributed by atoms with Crippen LogP contribution < -0.4 is 9.80 Å². The standard InChI is InChI=1S/C70H50N4/c1-43-31-35-61(53(39-43)47-21-7-5-8-22-47)71(57-27-15-11-19-45(57)3)63-37-33-49-55-41-66-56(42-65(55)73-59-29-17-13-25-51(59)67(63)69(49)73)50-34-38-64(68-52-26-14-18-30-60(52)74(66)70(50)68)72(58-28-16-12-20-46(58)4)62-36-32-44(2)40-54(62)48-23-9-6-10-24-48/h5-42H,1-4H3. The fourth-order valence-corrected chi connectivity index (χ4v) is 12.6. The topological polar surface area (TPSA) is 15.3 Å². The molecule has 74 heavy (non-hydrogen) atoms. The van der Waals surface area contributed by atoms with Gasteiger partial charge in [0, 0.05) is 65.6 Å². The molecule has 4 heteroatoms. The van der Waals surface area contributed by atoms with Crippen LogP contribution in [0.25, 0.3) is 98.4 Å². The molecule has 0 radical (unpaired) electrons. The lowest BCUT2D eigenvalue weighted by Gasteiger charge is -2.30. The minimum absolute atomic E-state index is 1.15. The Morgan fingerprint density at radius 2 is 0.649 bits per heavy atom. The lowest BCUT2D eigenvalue weighted by molar-refractivity contribution is 1.26. The van der Waals surface area contributed by atoms with Crippen molar-refractivity contribution >= 4 is 110 Å². The average Bonchev–Trinajstić information content (AvgIpc) is 4.17. The van der Waals surface area contributed by atoms with Crippen molar-refractivity contribution in [2.45, 2.75) is 27.7 Å². The molecule has 0 atom stereocenters. The normalized spacial score (nSPS) is 12.1. The summed E-state index contributed by atoms with van der Waals surface area (Å²) >= 11 is 0. The Morgan fingerprint density at radius 3 is 1.08 bits per heavy atom. The fraction of sp³-hybridized carbons (Fsp3) is 0.0571. The molecule has 11 aromatic carbocycles. The number of aromatic nitrogens is 2. The summed E-state index contributed by atoms with van der Waals surface area (Å²) in [5, 5.41) is 9.97. The second kappa shape index (κ2) is 16.1. The van der Waals surface area contributed by atoms with Crippen LogP contribution in [0.2, 0.25) is 0 Å². The number of hydrogen-bond donors (Lipinski definition) is 0. The number of rotatable bonds is 8. The quantitative estimate of drug-likeness (QED) is 0.151. The van der Waals surface area contributed by atoms with E-state index < -0.39 is 0 Å². The van der Waals surface area contributed by atoms with Gasteiger partial charge >= 0.3 is 0 Å². The van der Waals surface area contributed by atoms with Crippen LogP contribution in [-0.2, 0) is 0 Å². The van der Waals surface area contributed by atoms with Gasteiger partial charge in [-0.05, 0) is 123 Å². The minimum Gasteiger partial charge on any atom is -0.309 e. The van der Waals surface area contributed by atoms with Crippen LogP contribution in [0.5, 0.6) is 0 Å². The molecule has 0 spiro atoms. The number of nitrogens with zero attached hydrogens (tertiary/aromatic N) is 4. The molecule has 4 heterocycles. The SMILES string of the molecule is Cc1ccc(N(c2ccccc2C)c2ccc3c4cc5c(cc4n4c6ccccc6c2c34)c2ccc(N(c3ccccc3C)c3ccc(C)cc3-c3ccccc3)c3c4ccccc4n5c23)c(-c2ccccc2)c1. The number of benzene rings is 11. The first-order chi connectivity index (χ1) is 36.4. The molecule has 0 aliphatic heterocycles. The third-order valence-corrected chi connectivity index (χ3v) is 15.9. The van der Waals surface area contributed by atoms with Gasteiger partial charge in [0.15, 0.2) is 0 Å². The van der Waals surface area contributed by atoms with Gasteiger partial charge < -0.3 is 18.6 Å². The van der Waals surface area contributed by atoms with E-state index in [4.69, 9.17) is 0 Å². The summed E-state index contributed by atoms with van der Waals surface area (Å²) in [6.45, 7) is 8.85. The highest BCUT2D eigenvalue weighted by Gasteiger charge is 2.30. The van der Waals surface area contributed by atoms with Gasteiger partial charge in [0.1, 0.15) is 0 Å². The van der Waals surface area contributed by atoms with E-state index in [2.05, 4.69) is 277 Å². The predicted octanol–water partition coefficient (Wildman–Crippen LogP) is 19.5. The Hall–Kier alpha value is -9.38. The highest BCUT2D eigenvalue weighted by atomic mass is 15.2. The molecule has 0 aliphatic carbocycles. The number of aryl methyl sites for hydroxylation is 4. The van der Waals surface area contributed by atoms with E-state index in [1.807, 2.05) is 0 Å². The monoisotopic (exact) mass is 946 g/mol. The third-order valence-electron chi connectivity index (χ3n) is 15.9. The maximum atomic E-state index is 2.56. The van der Waals surface area contributed by atoms with E-state index in [0.717, 1.165) is 34.1 Å². The molecule has 0 bridgehead atoms. The Bertz CT molecular complexity index is 4410. The van der Waals surface area contributed by atoms with Crippen molar-refractivity contribution in [2.24, 2.45) is 0 Å². The lowest BCUT2D eigenvalue weighted by atomic mass is 9.97. The van der Waals surface area contributed by atoms with Crippen LogP contribution in [0.4, 0.5) is 34.1 Å². The first kappa shape index (κ1) is 42.3. The molecular weight excluding hydrogens is 897 g/mol. The molecule has 4 nitrogen and oxygen atoms in total. The molecule has 15 aromatic rings. The zero-order valence-corrected chi connectivity index (χ0v) is 41.7. The highest BCUT2D eigenvalue weighted by Crippen LogP contribution is 2.53. The Morgan fingerprint density at radius 1 is 0.270 bits per heavy atom. The van der Waals surface area contributed by atoms with Crippen LogP contribution in [0.3, 0.4) is 0 Å². The van der Waals surface area contributed by atoms with Crippen LogP contribution in [0.1, 0.15) is 22.3 Å². The zero-order valence-electron chi connectivity index (χ0n) is 41.7. The van der Waals surface area contributed by atoms with Gasteiger partial charge in [-0.15, -0.1) is 0 Å². The van der Waals surface area contributed by atoms with Crippen molar-refractivity contribution in [1.29, 1.82) is 0 Å². The van der Waals surface area contributed by atoms with E-state index in [1.165, 1.54) is 121 Å². The molecule has 0 amide bonds. The van der Waals surface area contributed by atoms with Gasteiger partial charge in [-0.3, -0.25) is 0 Å². The van der Waals surface area contributed by atoms with Crippen LogP contribution >= 0.6 is 0 Å². The smallest absolute Gasteiger partial charge is 0.0641 e. The second-order valence-electron chi connectivity index (χ2n) is 20.3. The van der Waals surface area contributed by atoms with Gasteiger partial charge in [-0.25, -0.2) is 0 Å². The molecule has 350 valence electrons. The van der Waals surface area contributed by atoms with E-state index >= 15 is 0 Å². The van der Waals surface area contributed by atoms with E-state index in [9.17, 15) is 0 Å². The van der Waals surface area contributed by atoms with Crippen molar-refractivity contribution in [3.63, 3.8) is 0 Å². The van der Waals surface area contributed by atoms with E-state index in [0.29, 0.717) is 0 Å². The molecule has 0 unspecified atom stereocenters. The summed E-state index contributed by atoms with van der Waals surface area (Å²) in [4.78, 5) is 5.04. The maximum absolute atomic E-state index is 2.56. The minimum atomic E-state index is 1.15. The maximum Gasteiger partial charge on any atom is 0.0641 e. The van der Waals surface area contributed by atoms with Gasteiger partial charge in [-0.1, -0.05) is 169 Å². The van der Waals surface area contributed by atoms with Crippen molar-refractivity contribution in [3.8, 4) is 22.3 Å². The lowest BCUT2D eigenvalue weighted by Crippen LogP contribution is -2.13. The summed E-state index contributed by atoms with van der Waals surface area (Å²) in [7, 11) is 0. The van der Waals surface area contributed by atoms with Crippen molar-refractivity contribution < 1.29 is 0 Å². The van der Waals surface area contributed by atoms with Crippen molar-refractivity contribution in [2.75, 3.05) is 9.80 Å². The molecule has 0 saturated carbocycles. The Balaban J connectivity index is 1.02.